The van der Waals surface area contributed by atoms with Crippen LogP contribution in [0.25, 0.3) is 0 Å². The first-order valence-corrected chi connectivity index (χ1v) is 8.14. The molecule has 0 unspecified atom stereocenters. The van der Waals surface area contributed by atoms with Crippen molar-refractivity contribution in [3.05, 3.63) is 66.0 Å². The number of hydrogen-bond donors (Lipinski definition) is 1. The van der Waals surface area contributed by atoms with Gasteiger partial charge in [0, 0.05) is 26.4 Å². The summed E-state index contributed by atoms with van der Waals surface area (Å²) in [7, 11) is 1.55. The molecule has 1 aliphatic heterocycles. The first kappa shape index (κ1) is 16.6. The normalized spacial score (nSPS) is 18.2. The Morgan fingerprint density at radius 2 is 1.83 bits per heavy atom. The number of aromatic nitrogens is 1. The van der Waals surface area contributed by atoms with Gasteiger partial charge in [0.25, 0.3) is 5.91 Å². The van der Waals surface area contributed by atoms with E-state index in [0.29, 0.717) is 31.6 Å². The molecule has 2 aromatic rings. The molecule has 0 bridgehead atoms. The maximum Gasteiger partial charge on any atom is 0.256 e. The minimum absolute atomic E-state index is 0.0632. The Labute approximate surface area is 141 Å². The first-order chi connectivity index (χ1) is 11.6. The van der Waals surface area contributed by atoms with Gasteiger partial charge < -0.3 is 14.7 Å². The molecule has 1 aliphatic rings. The fraction of sp³-hybridized carbons (Fsp3) is 0.368. The molecule has 1 aromatic carbocycles. The van der Waals surface area contributed by atoms with Crippen LogP contribution in [0.2, 0.25) is 0 Å². The van der Waals surface area contributed by atoms with E-state index in [1.165, 1.54) is 0 Å². The number of nitrogens with zero attached hydrogens (tertiary/aromatic N) is 2. The lowest BCUT2D eigenvalue weighted by Gasteiger charge is -2.38. The fourth-order valence-corrected chi connectivity index (χ4v) is 3.16. The summed E-state index contributed by atoms with van der Waals surface area (Å²) in [5, 5.41) is 10.8. The van der Waals surface area contributed by atoms with Crippen LogP contribution in [0.1, 0.15) is 30.2 Å². The zero-order chi connectivity index (χ0) is 17.0. The summed E-state index contributed by atoms with van der Waals surface area (Å²) >= 11 is 0. The van der Waals surface area contributed by atoms with Crippen molar-refractivity contribution >= 4 is 5.91 Å². The third-order valence-corrected chi connectivity index (χ3v) is 4.61. The van der Waals surface area contributed by atoms with Crippen LogP contribution in [0, 0.1) is 0 Å². The van der Waals surface area contributed by atoms with E-state index in [1.807, 2.05) is 48.5 Å². The average Bonchev–Trinajstić information content (AvgIpc) is 2.64. The van der Waals surface area contributed by atoms with Crippen molar-refractivity contribution in [3.8, 4) is 0 Å². The molecule has 0 spiro atoms. The van der Waals surface area contributed by atoms with Gasteiger partial charge in [0.15, 0.2) is 6.10 Å². The Kier molecular flexibility index (Phi) is 4.92. The van der Waals surface area contributed by atoms with Gasteiger partial charge in [-0.3, -0.25) is 9.78 Å². The summed E-state index contributed by atoms with van der Waals surface area (Å²) in [6.45, 7) is 0.969. The van der Waals surface area contributed by atoms with E-state index in [4.69, 9.17) is 4.74 Å². The van der Waals surface area contributed by atoms with E-state index >= 15 is 0 Å². The second-order valence-corrected chi connectivity index (χ2v) is 6.10. The van der Waals surface area contributed by atoms with Gasteiger partial charge in [0.2, 0.25) is 0 Å². The smallest absolute Gasteiger partial charge is 0.256 e. The highest BCUT2D eigenvalue weighted by molar-refractivity contribution is 5.82. The van der Waals surface area contributed by atoms with Crippen molar-refractivity contribution in [1.29, 1.82) is 0 Å². The van der Waals surface area contributed by atoms with Crippen molar-refractivity contribution in [2.24, 2.45) is 0 Å². The molecule has 126 valence electrons. The molecule has 24 heavy (non-hydrogen) atoms. The monoisotopic (exact) mass is 326 g/mol. The minimum Gasteiger partial charge on any atom is -0.383 e. The molecule has 0 aliphatic carbocycles. The van der Waals surface area contributed by atoms with Crippen LogP contribution in [-0.2, 0) is 15.1 Å². The molecule has 1 fully saturated rings. The number of pyridine rings is 1. The predicted molar refractivity (Wildman–Crippen MR) is 90.1 cm³/mol. The number of hydrogen-bond acceptors (Lipinski definition) is 4. The number of carbonyl (C=O) groups is 1. The fourth-order valence-electron chi connectivity index (χ4n) is 3.16. The number of methoxy groups -OCH3 is 1. The highest BCUT2D eigenvalue weighted by atomic mass is 16.5. The molecule has 1 atom stereocenters. The molecule has 1 aromatic heterocycles. The van der Waals surface area contributed by atoms with Crippen LogP contribution in [0.3, 0.4) is 0 Å². The maximum atomic E-state index is 12.8. The van der Waals surface area contributed by atoms with Gasteiger partial charge in [-0.25, -0.2) is 0 Å². The number of piperidine rings is 1. The molecular formula is C19H22N2O3. The summed E-state index contributed by atoms with van der Waals surface area (Å²) in [6.07, 6.45) is 2.02. The van der Waals surface area contributed by atoms with Crippen molar-refractivity contribution in [1.82, 2.24) is 9.88 Å². The highest BCUT2D eigenvalue weighted by Gasteiger charge is 2.38. The van der Waals surface area contributed by atoms with Gasteiger partial charge in [0.05, 0.1) is 5.69 Å². The summed E-state index contributed by atoms with van der Waals surface area (Å²) in [5.74, 6) is -0.0632. The quantitative estimate of drug-likeness (QED) is 0.936. The number of benzene rings is 1. The molecule has 3 rings (SSSR count). The third-order valence-electron chi connectivity index (χ3n) is 4.61. The van der Waals surface area contributed by atoms with Crippen molar-refractivity contribution in [3.63, 3.8) is 0 Å². The SMILES string of the molecule is CO[C@H](C(=O)N1CCC(O)(c2ccccn2)CC1)c1ccccc1. The van der Waals surface area contributed by atoms with E-state index < -0.39 is 11.7 Å². The predicted octanol–water partition coefficient (Wildman–Crippen LogP) is 2.28. The highest BCUT2D eigenvalue weighted by Crippen LogP contribution is 2.32. The molecule has 1 saturated heterocycles. The Morgan fingerprint density at radius 1 is 1.17 bits per heavy atom. The maximum absolute atomic E-state index is 12.8. The zero-order valence-electron chi connectivity index (χ0n) is 13.8. The molecular weight excluding hydrogens is 304 g/mol. The van der Waals surface area contributed by atoms with Crippen LogP contribution in [-0.4, -0.2) is 41.1 Å². The summed E-state index contributed by atoms with van der Waals surface area (Å²) < 4.78 is 5.42. The third kappa shape index (κ3) is 3.32. The van der Waals surface area contributed by atoms with E-state index in [-0.39, 0.29) is 5.91 Å². The Morgan fingerprint density at radius 3 is 2.42 bits per heavy atom. The Bertz CT molecular complexity index is 668. The molecule has 5 nitrogen and oxygen atoms in total. The van der Waals surface area contributed by atoms with E-state index in [2.05, 4.69) is 4.98 Å². The van der Waals surface area contributed by atoms with Crippen molar-refractivity contribution in [2.45, 2.75) is 24.5 Å². The van der Waals surface area contributed by atoms with Gasteiger partial charge in [0.1, 0.15) is 5.60 Å². The molecule has 2 heterocycles. The van der Waals surface area contributed by atoms with Gasteiger partial charge in [-0.15, -0.1) is 0 Å². The largest absolute Gasteiger partial charge is 0.383 e. The second kappa shape index (κ2) is 7.11. The Balaban J connectivity index is 1.69. The number of ether oxygens (including phenoxy) is 1. The second-order valence-electron chi connectivity index (χ2n) is 6.10. The minimum atomic E-state index is -0.965. The molecule has 0 radical (unpaired) electrons. The van der Waals surface area contributed by atoms with Crippen LogP contribution in [0.5, 0.6) is 0 Å². The first-order valence-electron chi connectivity index (χ1n) is 8.14. The van der Waals surface area contributed by atoms with E-state index in [9.17, 15) is 9.90 Å². The van der Waals surface area contributed by atoms with Gasteiger partial charge in [-0.05, 0) is 30.5 Å². The van der Waals surface area contributed by atoms with Crippen LogP contribution >= 0.6 is 0 Å². The van der Waals surface area contributed by atoms with Gasteiger partial charge >= 0.3 is 0 Å². The molecule has 5 heteroatoms. The summed E-state index contributed by atoms with van der Waals surface area (Å²) in [6, 6.07) is 15.0. The lowest BCUT2D eigenvalue weighted by molar-refractivity contribution is -0.147. The molecule has 1 amide bonds. The topological polar surface area (TPSA) is 62.7 Å². The summed E-state index contributed by atoms with van der Waals surface area (Å²) in [4.78, 5) is 18.8. The molecule has 1 N–H and O–H groups in total. The lowest BCUT2D eigenvalue weighted by Crippen LogP contribution is -2.47. The Hall–Kier alpha value is -2.24. The number of amides is 1. The van der Waals surface area contributed by atoms with Gasteiger partial charge in [-0.1, -0.05) is 36.4 Å². The average molecular weight is 326 g/mol. The van der Waals surface area contributed by atoms with Crippen LogP contribution < -0.4 is 0 Å². The number of rotatable bonds is 4. The standard InChI is InChI=1S/C19H22N2O3/c1-24-17(15-7-3-2-4-8-15)18(22)21-13-10-19(23,11-14-21)16-9-5-6-12-20-16/h2-9,12,17,23H,10-11,13-14H2,1H3/t17-/m0/s1. The summed E-state index contributed by atoms with van der Waals surface area (Å²) in [5.41, 5.74) is 0.548. The molecule has 0 saturated carbocycles. The van der Waals surface area contributed by atoms with Crippen LogP contribution in [0.15, 0.2) is 54.7 Å². The van der Waals surface area contributed by atoms with Crippen molar-refractivity contribution < 1.29 is 14.6 Å². The van der Waals surface area contributed by atoms with Crippen LogP contribution in [0.4, 0.5) is 0 Å². The van der Waals surface area contributed by atoms with Gasteiger partial charge in [-0.2, -0.15) is 0 Å². The van der Waals surface area contributed by atoms with E-state index in [0.717, 1.165) is 5.56 Å². The zero-order valence-corrected chi connectivity index (χ0v) is 13.8. The number of carbonyl (C=O) groups excluding carboxylic acids is 1. The van der Waals surface area contributed by atoms with Crippen molar-refractivity contribution in [2.75, 3.05) is 20.2 Å². The number of likely N-dealkylation sites (tertiary alicyclic amines) is 1. The van der Waals surface area contributed by atoms with E-state index in [1.54, 1.807) is 18.2 Å². The number of aliphatic hydroxyl groups is 1. The lowest BCUT2D eigenvalue weighted by atomic mass is 9.87.